The summed E-state index contributed by atoms with van der Waals surface area (Å²) in [5.74, 6) is 0. The van der Waals surface area contributed by atoms with E-state index in [4.69, 9.17) is 9.84 Å². The maximum absolute atomic E-state index is 9.13. The third kappa shape index (κ3) is 5.06. The number of rotatable bonds is 9. The number of thiazole rings is 1. The van der Waals surface area contributed by atoms with Gasteiger partial charge in [0.2, 0.25) is 0 Å². The van der Waals surface area contributed by atoms with E-state index >= 15 is 0 Å². The van der Waals surface area contributed by atoms with Gasteiger partial charge in [0.15, 0.2) is 5.13 Å². The van der Waals surface area contributed by atoms with Crippen molar-refractivity contribution >= 4 is 22.2 Å². The lowest BCUT2D eigenvalue weighted by molar-refractivity contribution is 0.126. The van der Waals surface area contributed by atoms with E-state index in [1.807, 2.05) is 18.2 Å². The van der Waals surface area contributed by atoms with Crippen molar-refractivity contribution in [1.29, 1.82) is 0 Å². The highest BCUT2D eigenvalue weighted by atomic mass is 32.1. The molecule has 6 heteroatoms. The zero-order valence-electron chi connectivity index (χ0n) is 13.1. The molecule has 0 radical (unpaired) electrons. The van der Waals surface area contributed by atoms with Gasteiger partial charge < -0.3 is 15.2 Å². The third-order valence-corrected chi connectivity index (χ3v) is 4.16. The summed E-state index contributed by atoms with van der Waals surface area (Å²) in [5.41, 5.74) is 3.28. The number of benzene rings is 1. The van der Waals surface area contributed by atoms with Crippen molar-refractivity contribution in [3.8, 4) is 0 Å². The minimum absolute atomic E-state index is 0.141. The molecule has 2 N–H and O–H groups in total. The molecule has 120 valence electrons. The predicted octanol–water partition coefficient (Wildman–Crippen LogP) is 2.64. The number of aliphatic hydroxyl groups excluding tert-OH is 1. The number of hydrogen-bond acceptors (Lipinski definition) is 6. The lowest BCUT2D eigenvalue weighted by atomic mass is 10.2. The number of para-hydroxylation sites is 1. The normalized spacial score (nSPS) is 11.1. The number of methoxy groups -OCH3 is 1. The first kappa shape index (κ1) is 16.9. The van der Waals surface area contributed by atoms with Crippen LogP contribution in [0.25, 0.3) is 0 Å². The summed E-state index contributed by atoms with van der Waals surface area (Å²) in [6.07, 6.45) is 0. The molecule has 0 aliphatic carbocycles. The molecule has 1 aromatic carbocycles. The Labute approximate surface area is 135 Å². The van der Waals surface area contributed by atoms with Gasteiger partial charge in [-0.15, -0.1) is 11.3 Å². The molecule has 2 rings (SSSR count). The monoisotopic (exact) mass is 321 g/mol. The Morgan fingerprint density at radius 2 is 2.14 bits per heavy atom. The molecule has 0 unspecified atom stereocenters. The summed E-state index contributed by atoms with van der Waals surface area (Å²) in [6.45, 7) is 5.00. The molecule has 1 heterocycles. The number of aryl methyl sites for hydroxylation is 1. The van der Waals surface area contributed by atoms with Crippen molar-refractivity contribution in [2.24, 2.45) is 0 Å². The molecule has 0 saturated carbocycles. The van der Waals surface area contributed by atoms with Gasteiger partial charge in [0.05, 0.1) is 18.9 Å². The molecule has 1 aromatic heterocycles. The SMILES string of the molecule is COCCN(CCO)Cc1csc(Nc2ccccc2C)n1. The molecule has 0 saturated heterocycles. The minimum Gasteiger partial charge on any atom is -0.395 e. The molecule has 0 aliphatic heterocycles. The summed E-state index contributed by atoms with van der Waals surface area (Å²) in [4.78, 5) is 6.76. The van der Waals surface area contributed by atoms with E-state index in [1.165, 1.54) is 5.56 Å². The van der Waals surface area contributed by atoms with Crippen molar-refractivity contribution in [2.75, 3.05) is 38.7 Å². The van der Waals surface area contributed by atoms with Gasteiger partial charge in [-0.3, -0.25) is 4.90 Å². The van der Waals surface area contributed by atoms with Gasteiger partial charge in [0.25, 0.3) is 0 Å². The van der Waals surface area contributed by atoms with E-state index in [2.05, 4.69) is 33.6 Å². The molecule has 22 heavy (non-hydrogen) atoms. The highest BCUT2D eigenvalue weighted by molar-refractivity contribution is 7.13. The van der Waals surface area contributed by atoms with Crippen LogP contribution in [0, 0.1) is 6.92 Å². The number of nitrogens with one attached hydrogen (secondary N) is 1. The Hall–Kier alpha value is -1.47. The summed E-state index contributed by atoms with van der Waals surface area (Å²) < 4.78 is 5.10. The molecule has 0 aliphatic rings. The Kier molecular flexibility index (Phi) is 6.79. The number of hydrogen-bond donors (Lipinski definition) is 2. The van der Waals surface area contributed by atoms with Gasteiger partial charge in [0.1, 0.15) is 0 Å². The molecule has 0 fully saturated rings. The topological polar surface area (TPSA) is 57.6 Å². The second-order valence-electron chi connectivity index (χ2n) is 5.08. The van der Waals surface area contributed by atoms with Crippen LogP contribution < -0.4 is 5.32 Å². The number of ether oxygens (including phenoxy) is 1. The quantitative estimate of drug-likeness (QED) is 0.743. The van der Waals surface area contributed by atoms with Crippen LogP contribution in [0.2, 0.25) is 0 Å². The zero-order chi connectivity index (χ0) is 15.8. The number of nitrogens with zero attached hydrogens (tertiary/aromatic N) is 2. The number of aliphatic hydroxyl groups is 1. The average Bonchev–Trinajstić information content (AvgIpc) is 2.94. The second-order valence-corrected chi connectivity index (χ2v) is 5.93. The Bertz CT molecular complexity index is 574. The van der Waals surface area contributed by atoms with Gasteiger partial charge in [-0.05, 0) is 18.6 Å². The van der Waals surface area contributed by atoms with Gasteiger partial charge in [-0.2, -0.15) is 0 Å². The van der Waals surface area contributed by atoms with Crippen LogP contribution in [0.1, 0.15) is 11.3 Å². The molecular formula is C16H23N3O2S. The standard InChI is InChI=1S/C16H23N3O2S/c1-13-5-3-4-6-15(13)18-16-17-14(12-22-16)11-19(7-9-20)8-10-21-2/h3-6,12,20H,7-11H2,1-2H3,(H,17,18). The fraction of sp³-hybridized carbons (Fsp3) is 0.438. The van der Waals surface area contributed by atoms with Crippen LogP contribution >= 0.6 is 11.3 Å². The maximum atomic E-state index is 9.13. The van der Waals surface area contributed by atoms with Crippen molar-refractivity contribution in [1.82, 2.24) is 9.88 Å². The molecule has 0 bridgehead atoms. The van der Waals surface area contributed by atoms with Crippen LogP contribution in [-0.4, -0.2) is 48.4 Å². The average molecular weight is 321 g/mol. The lowest BCUT2D eigenvalue weighted by Crippen LogP contribution is -2.29. The third-order valence-electron chi connectivity index (χ3n) is 3.35. The number of anilines is 2. The van der Waals surface area contributed by atoms with E-state index < -0.39 is 0 Å². The zero-order valence-corrected chi connectivity index (χ0v) is 13.9. The minimum atomic E-state index is 0.141. The van der Waals surface area contributed by atoms with Crippen LogP contribution in [-0.2, 0) is 11.3 Å². The van der Waals surface area contributed by atoms with Crippen molar-refractivity contribution in [3.05, 3.63) is 40.9 Å². The fourth-order valence-corrected chi connectivity index (χ4v) is 2.84. The van der Waals surface area contributed by atoms with E-state index in [9.17, 15) is 0 Å². The van der Waals surface area contributed by atoms with Crippen LogP contribution in [0.15, 0.2) is 29.6 Å². The molecule has 0 spiro atoms. The van der Waals surface area contributed by atoms with Crippen LogP contribution in [0.3, 0.4) is 0 Å². The molecular weight excluding hydrogens is 298 g/mol. The van der Waals surface area contributed by atoms with Crippen molar-refractivity contribution in [3.63, 3.8) is 0 Å². The lowest BCUT2D eigenvalue weighted by Gasteiger charge is -2.19. The highest BCUT2D eigenvalue weighted by Gasteiger charge is 2.09. The number of aromatic nitrogens is 1. The Morgan fingerprint density at radius 1 is 1.32 bits per heavy atom. The molecule has 2 aromatic rings. The van der Waals surface area contributed by atoms with E-state index in [0.717, 1.165) is 29.6 Å². The van der Waals surface area contributed by atoms with E-state index in [0.29, 0.717) is 13.2 Å². The van der Waals surface area contributed by atoms with Gasteiger partial charge in [-0.1, -0.05) is 18.2 Å². The summed E-state index contributed by atoms with van der Waals surface area (Å²) >= 11 is 1.59. The largest absolute Gasteiger partial charge is 0.395 e. The molecule has 5 nitrogen and oxygen atoms in total. The molecule has 0 atom stereocenters. The van der Waals surface area contributed by atoms with Crippen LogP contribution in [0.5, 0.6) is 0 Å². The Balaban J connectivity index is 1.96. The van der Waals surface area contributed by atoms with Gasteiger partial charge in [0, 0.05) is 37.8 Å². The van der Waals surface area contributed by atoms with E-state index in [1.54, 1.807) is 18.4 Å². The fourth-order valence-electron chi connectivity index (χ4n) is 2.13. The predicted molar refractivity (Wildman–Crippen MR) is 90.8 cm³/mol. The van der Waals surface area contributed by atoms with Crippen LogP contribution in [0.4, 0.5) is 10.8 Å². The smallest absolute Gasteiger partial charge is 0.187 e. The summed E-state index contributed by atoms with van der Waals surface area (Å²) in [6, 6.07) is 8.16. The van der Waals surface area contributed by atoms with Crippen molar-refractivity contribution < 1.29 is 9.84 Å². The first-order chi connectivity index (χ1) is 10.7. The molecule has 0 amide bonds. The van der Waals surface area contributed by atoms with E-state index in [-0.39, 0.29) is 6.61 Å². The van der Waals surface area contributed by atoms with Gasteiger partial charge >= 0.3 is 0 Å². The highest BCUT2D eigenvalue weighted by Crippen LogP contribution is 2.23. The van der Waals surface area contributed by atoms with Crippen molar-refractivity contribution in [2.45, 2.75) is 13.5 Å². The summed E-state index contributed by atoms with van der Waals surface area (Å²) in [5, 5.41) is 15.4. The summed E-state index contributed by atoms with van der Waals surface area (Å²) in [7, 11) is 1.68. The first-order valence-corrected chi connectivity index (χ1v) is 8.20. The maximum Gasteiger partial charge on any atom is 0.187 e. The van der Waals surface area contributed by atoms with Gasteiger partial charge in [-0.25, -0.2) is 4.98 Å². The second kappa shape index (κ2) is 8.85. The first-order valence-electron chi connectivity index (χ1n) is 7.32. The Morgan fingerprint density at radius 3 is 2.86 bits per heavy atom.